The molecule has 3 rings (SSSR count). The van der Waals surface area contributed by atoms with Gasteiger partial charge in [0.2, 0.25) is 0 Å². The smallest absolute Gasteiger partial charge is 0.335 e. The van der Waals surface area contributed by atoms with Gasteiger partial charge in [0.1, 0.15) is 6.07 Å². The number of anilines is 1. The van der Waals surface area contributed by atoms with Crippen LogP contribution in [-0.4, -0.2) is 11.1 Å². The van der Waals surface area contributed by atoms with Gasteiger partial charge in [0.15, 0.2) is 0 Å². The van der Waals surface area contributed by atoms with E-state index in [0.29, 0.717) is 24.2 Å². The van der Waals surface area contributed by atoms with Crippen molar-refractivity contribution in [3.63, 3.8) is 0 Å². The summed E-state index contributed by atoms with van der Waals surface area (Å²) in [5.74, 6) is -0.912. The first kappa shape index (κ1) is 13.2. The average molecular weight is 278 g/mol. The Labute approximate surface area is 122 Å². The van der Waals surface area contributed by atoms with Gasteiger partial charge in [0.05, 0.1) is 16.8 Å². The van der Waals surface area contributed by atoms with Crippen molar-refractivity contribution in [1.29, 1.82) is 5.26 Å². The molecule has 0 bridgehead atoms. The van der Waals surface area contributed by atoms with Crippen LogP contribution in [0.25, 0.3) is 0 Å². The summed E-state index contributed by atoms with van der Waals surface area (Å²) >= 11 is 0. The third kappa shape index (κ3) is 2.34. The number of hydrogen-bond donors (Lipinski definition) is 1. The van der Waals surface area contributed by atoms with Gasteiger partial charge in [-0.1, -0.05) is 12.1 Å². The Morgan fingerprint density at radius 1 is 1.19 bits per heavy atom. The van der Waals surface area contributed by atoms with Crippen molar-refractivity contribution in [2.75, 3.05) is 4.90 Å². The zero-order chi connectivity index (χ0) is 15.0. The molecule has 0 saturated heterocycles. The molecule has 1 N–H and O–H groups in total. The van der Waals surface area contributed by atoms with E-state index >= 15 is 0 Å². The number of fused-ring (bicyclic) bond motifs is 1. The summed E-state index contributed by atoms with van der Waals surface area (Å²) in [6, 6.07) is 13.2. The Morgan fingerprint density at radius 3 is 2.67 bits per heavy atom. The summed E-state index contributed by atoms with van der Waals surface area (Å²) in [7, 11) is 0. The molecule has 4 nitrogen and oxygen atoms in total. The van der Waals surface area contributed by atoms with Crippen molar-refractivity contribution in [2.24, 2.45) is 0 Å². The molecule has 0 fully saturated rings. The first-order valence-corrected chi connectivity index (χ1v) is 6.69. The van der Waals surface area contributed by atoms with Crippen molar-refractivity contribution in [3.05, 3.63) is 64.2 Å². The standard InChI is InChI=1S/C17H14N2O2/c1-11-2-3-13(8-18)16(6-11)19-9-14-5-4-12(17(20)21)7-15(14)10-19/h2-7H,9-10H2,1H3,(H,20,21). The number of hydrogen-bond acceptors (Lipinski definition) is 3. The summed E-state index contributed by atoms with van der Waals surface area (Å²) in [5, 5.41) is 18.3. The highest BCUT2D eigenvalue weighted by molar-refractivity contribution is 5.88. The van der Waals surface area contributed by atoms with Crippen LogP contribution in [0.15, 0.2) is 36.4 Å². The third-order valence-corrected chi connectivity index (χ3v) is 3.79. The molecule has 0 radical (unpaired) electrons. The minimum absolute atomic E-state index is 0.306. The van der Waals surface area contributed by atoms with Gasteiger partial charge in [-0.3, -0.25) is 0 Å². The molecule has 4 heteroatoms. The maximum atomic E-state index is 11.0. The van der Waals surface area contributed by atoms with Crippen molar-refractivity contribution in [2.45, 2.75) is 20.0 Å². The Balaban J connectivity index is 1.97. The lowest BCUT2D eigenvalue weighted by atomic mass is 10.1. The molecule has 0 aromatic heterocycles. The number of nitriles is 1. The monoisotopic (exact) mass is 278 g/mol. The van der Waals surface area contributed by atoms with E-state index in [1.807, 2.05) is 31.2 Å². The van der Waals surface area contributed by atoms with E-state index in [4.69, 9.17) is 5.11 Å². The molecule has 0 spiro atoms. The topological polar surface area (TPSA) is 64.3 Å². The summed E-state index contributed by atoms with van der Waals surface area (Å²) < 4.78 is 0. The molecule has 0 unspecified atom stereocenters. The molecule has 2 aromatic carbocycles. The molecular weight excluding hydrogens is 264 g/mol. The van der Waals surface area contributed by atoms with Gasteiger partial charge >= 0.3 is 5.97 Å². The van der Waals surface area contributed by atoms with E-state index in [-0.39, 0.29) is 0 Å². The lowest BCUT2D eigenvalue weighted by Gasteiger charge is -2.19. The van der Waals surface area contributed by atoms with Crippen LogP contribution in [0.4, 0.5) is 5.69 Å². The molecule has 1 aliphatic rings. The Kier molecular flexibility index (Phi) is 3.11. The number of aromatic carboxylic acids is 1. The second kappa shape index (κ2) is 4.95. The lowest BCUT2D eigenvalue weighted by Crippen LogP contribution is -2.16. The third-order valence-electron chi connectivity index (χ3n) is 3.79. The zero-order valence-corrected chi connectivity index (χ0v) is 11.6. The van der Waals surface area contributed by atoms with Gasteiger partial charge in [-0.15, -0.1) is 0 Å². The Bertz CT molecular complexity index is 775. The van der Waals surface area contributed by atoms with E-state index in [2.05, 4.69) is 11.0 Å². The molecule has 1 heterocycles. The van der Waals surface area contributed by atoms with Gasteiger partial charge in [-0.05, 0) is 47.9 Å². The maximum absolute atomic E-state index is 11.0. The van der Waals surface area contributed by atoms with E-state index < -0.39 is 5.97 Å². The van der Waals surface area contributed by atoms with Crippen LogP contribution in [0.5, 0.6) is 0 Å². The van der Waals surface area contributed by atoms with Crippen LogP contribution in [0.1, 0.15) is 32.6 Å². The first-order chi connectivity index (χ1) is 10.1. The lowest BCUT2D eigenvalue weighted by molar-refractivity contribution is 0.0697. The van der Waals surface area contributed by atoms with Crippen molar-refractivity contribution in [1.82, 2.24) is 0 Å². The van der Waals surface area contributed by atoms with Crippen LogP contribution in [0.2, 0.25) is 0 Å². The largest absolute Gasteiger partial charge is 0.478 e. The van der Waals surface area contributed by atoms with E-state index in [1.165, 1.54) is 0 Å². The van der Waals surface area contributed by atoms with Gasteiger partial charge in [-0.25, -0.2) is 4.79 Å². The van der Waals surface area contributed by atoms with E-state index in [1.54, 1.807) is 12.1 Å². The van der Waals surface area contributed by atoms with E-state index in [0.717, 1.165) is 22.4 Å². The normalized spacial score (nSPS) is 12.9. The Morgan fingerprint density at radius 2 is 1.95 bits per heavy atom. The molecule has 21 heavy (non-hydrogen) atoms. The van der Waals surface area contributed by atoms with Crippen molar-refractivity contribution >= 4 is 11.7 Å². The zero-order valence-electron chi connectivity index (χ0n) is 11.6. The first-order valence-electron chi connectivity index (χ1n) is 6.69. The minimum Gasteiger partial charge on any atom is -0.478 e. The van der Waals surface area contributed by atoms with Crippen LogP contribution >= 0.6 is 0 Å². The van der Waals surface area contributed by atoms with Crippen molar-refractivity contribution in [3.8, 4) is 6.07 Å². The highest BCUT2D eigenvalue weighted by Gasteiger charge is 2.22. The van der Waals surface area contributed by atoms with Gasteiger partial charge in [0, 0.05) is 13.1 Å². The fourth-order valence-electron chi connectivity index (χ4n) is 2.70. The number of rotatable bonds is 2. The van der Waals surface area contributed by atoms with Crippen LogP contribution < -0.4 is 4.90 Å². The maximum Gasteiger partial charge on any atom is 0.335 e. The SMILES string of the molecule is Cc1ccc(C#N)c(N2Cc3ccc(C(=O)O)cc3C2)c1. The number of carboxylic acids is 1. The molecule has 0 amide bonds. The molecule has 104 valence electrons. The highest BCUT2D eigenvalue weighted by atomic mass is 16.4. The second-order valence-corrected chi connectivity index (χ2v) is 5.28. The van der Waals surface area contributed by atoms with Crippen molar-refractivity contribution < 1.29 is 9.90 Å². The van der Waals surface area contributed by atoms with E-state index in [9.17, 15) is 10.1 Å². The summed E-state index contributed by atoms with van der Waals surface area (Å²) in [6.45, 7) is 3.33. The Hall–Kier alpha value is -2.80. The van der Waals surface area contributed by atoms with Crippen LogP contribution in [-0.2, 0) is 13.1 Å². The quantitative estimate of drug-likeness (QED) is 0.916. The molecule has 0 saturated carbocycles. The number of nitrogens with zero attached hydrogens (tertiary/aromatic N) is 2. The molecule has 0 atom stereocenters. The number of carbonyl (C=O) groups is 1. The number of carboxylic acid groups (broad SMARTS) is 1. The molecule has 2 aromatic rings. The summed E-state index contributed by atoms with van der Waals surface area (Å²) in [5.41, 5.74) is 5.09. The van der Waals surface area contributed by atoms with Crippen LogP contribution in [0.3, 0.4) is 0 Å². The number of aryl methyl sites for hydroxylation is 1. The second-order valence-electron chi connectivity index (χ2n) is 5.28. The van der Waals surface area contributed by atoms with Gasteiger partial charge in [-0.2, -0.15) is 5.26 Å². The van der Waals surface area contributed by atoms with Crippen LogP contribution in [0, 0.1) is 18.3 Å². The summed E-state index contributed by atoms with van der Waals surface area (Å²) in [6.07, 6.45) is 0. The van der Waals surface area contributed by atoms with Gasteiger partial charge in [0.25, 0.3) is 0 Å². The molecule has 1 aliphatic heterocycles. The highest BCUT2D eigenvalue weighted by Crippen LogP contribution is 2.31. The fraction of sp³-hybridized carbons (Fsp3) is 0.176. The average Bonchev–Trinajstić information content (AvgIpc) is 2.89. The minimum atomic E-state index is -0.912. The predicted octanol–water partition coefficient (Wildman–Crippen LogP) is 3.09. The molecule has 0 aliphatic carbocycles. The summed E-state index contributed by atoms with van der Waals surface area (Å²) in [4.78, 5) is 13.2. The number of benzene rings is 2. The molecular formula is C17H14N2O2. The fourth-order valence-corrected chi connectivity index (χ4v) is 2.70. The predicted molar refractivity (Wildman–Crippen MR) is 79.2 cm³/mol. The van der Waals surface area contributed by atoms with Gasteiger partial charge < -0.3 is 10.0 Å².